The van der Waals surface area contributed by atoms with Crippen molar-refractivity contribution >= 4 is 11.8 Å². The average molecular weight is 567 g/mol. The Morgan fingerprint density at radius 3 is 1.69 bits per heavy atom. The Bertz CT molecular complexity index is 1880. The summed E-state index contributed by atoms with van der Waals surface area (Å²) in [7, 11) is 0. The maximum atomic E-state index is 10.8. The number of rotatable bonds is 6. The summed E-state index contributed by atoms with van der Waals surface area (Å²) in [5.41, 5.74) is 11.2. The lowest BCUT2D eigenvalue weighted by atomic mass is 9.97. The number of aryl methyl sites for hydroxylation is 4. The van der Waals surface area contributed by atoms with E-state index < -0.39 is 0 Å². The fraction of sp³-hybridized carbons (Fsp3) is 0.111. The van der Waals surface area contributed by atoms with Gasteiger partial charge in [0.15, 0.2) is 0 Å². The second-order valence-corrected chi connectivity index (χ2v) is 11.5. The van der Waals surface area contributed by atoms with E-state index in [1.807, 2.05) is 76.4 Å². The standard InChI is InChI=1S/C36H30N4OS/c1-22-13-26(14-23(2)38-22)28-17-30(19-31(18-28)42-36-11-7-8-12-37-36)33-20-29(27-15-24(3)39-25(4)16-27)21-34(40-33)32-9-5-6-10-35(32)41/h5-21,41H,1-4H3. The van der Waals surface area contributed by atoms with E-state index in [4.69, 9.17) is 4.98 Å². The van der Waals surface area contributed by atoms with Crippen LogP contribution in [0.2, 0.25) is 0 Å². The van der Waals surface area contributed by atoms with E-state index >= 15 is 0 Å². The van der Waals surface area contributed by atoms with Crippen molar-refractivity contribution in [2.75, 3.05) is 0 Å². The second-order valence-electron chi connectivity index (χ2n) is 10.4. The van der Waals surface area contributed by atoms with Crippen LogP contribution in [-0.2, 0) is 0 Å². The zero-order valence-electron chi connectivity index (χ0n) is 24.0. The van der Waals surface area contributed by atoms with Gasteiger partial charge >= 0.3 is 0 Å². The van der Waals surface area contributed by atoms with Gasteiger partial charge in [0.05, 0.1) is 11.4 Å². The highest BCUT2D eigenvalue weighted by Crippen LogP contribution is 2.38. The number of hydrogen-bond acceptors (Lipinski definition) is 6. The predicted molar refractivity (Wildman–Crippen MR) is 171 cm³/mol. The molecular weight excluding hydrogens is 536 g/mol. The Kier molecular flexibility index (Phi) is 7.55. The van der Waals surface area contributed by atoms with E-state index in [2.05, 4.69) is 63.5 Å². The van der Waals surface area contributed by atoms with Crippen molar-refractivity contribution in [1.82, 2.24) is 19.9 Å². The number of para-hydroxylation sites is 1. The van der Waals surface area contributed by atoms with Crippen molar-refractivity contribution in [3.8, 4) is 50.5 Å². The molecule has 0 radical (unpaired) electrons. The average Bonchev–Trinajstić information content (AvgIpc) is 2.96. The number of phenols is 1. The van der Waals surface area contributed by atoms with E-state index in [0.29, 0.717) is 11.3 Å². The van der Waals surface area contributed by atoms with Crippen molar-refractivity contribution in [2.24, 2.45) is 0 Å². The number of aromatic hydroxyl groups is 1. The molecular formula is C36H30N4OS. The fourth-order valence-corrected chi connectivity index (χ4v) is 6.05. The molecule has 42 heavy (non-hydrogen) atoms. The Hall–Kier alpha value is -4.81. The normalized spacial score (nSPS) is 11.0. The first-order valence-electron chi connectivity index (χ1n) is 13.8. The number of nitrogens with zero attached hydrogens (tertiary/aromatic N) is 4. The monoisotopic (exact) mass is 566 g/mol. The summed E-state index contributed by atoms with van der Waals surface area (Å²) in [6.45, 7) is 8.05. The molecule has 0 unspecified atom stereocenters. The molecule has 0 spiro atoms. The molecule has 0 aliphatic carbocycles. The van der Waals surface area contributed by atoms with E-state index in [9.17, 15) is 5.11 Å². The van der Waals surface area contributed by atoms with Crippen LogP contribution < -0.4 is 0 Å². The van der Waals surface area contributed by atoms with Gasteiger partial charge in [0.1, 0.15) is 10.8 Å². The van der Waals surface area contributed by atoms with Crippen molar-refractivity contribution in [3.63, 3.8) is 0 Å². The van der Waals surface area contributed by atoms with Crippen molar-refractivity contribution in [1.29, 1.82) is 0 Å². The predicted octanol–water partition coefficient (Wildman–Crippen LogP) is 9.03. The molecule has 5 nitrogen and oxygen atoms in total. The number of benzene rings is 2. The maximum absolute atomic E-state index is 10.8. The minimum absolute atomic E-state index is 0.193. The highest BCUT2D eigenvalue weighted by Gasteiger charge is 2.15. The number of hydrogen-bond donors (Lipinski definition) is 1. The van der Waals surface area contributed by atoms with Gasteiger partial charge in [-0.25, -0.2) is 9.97 Å². The molecule has 0 fully saturated rings. The summed E-state index contributed by atoms with van der Waals surface area (Å²) in [6.07, 6.45) is 1.81. The quantitative estimate of drug-likeness (QED) is 0.217. The largest absolute Gasteiger partial charge is 0.507 e. The molecule has 206 valence electrons. The van der Waals surface area contributed by atoms with E-state index in [0.717, 1.165) is 66.2 Å². The Morgan fingerprint density at radius 1 is 0.524 bits per heavy atom. The van der Waals surface area contributed by atoms with Crippen molar-refractivity contribution < 1.29 is 5.11 Å². The van der Waals surface area contributed by atoms with Crippen LogP contribution >= 0.6 is 11.8 Å². The summed E-state index contributed by atoms with van der Waals surface area (Å²) < 4.78 is 0. The SMILES string of the molecule is Cc1cc(-c2cc(Sc3ccccn3)cc(-c3cc(-c4cc(C)nc(C)c4)cc(-c4ccccc4O)n3)c2)cc(C)n1. The van der Waals surface area contributed by atoms with Gasteiger partial charge in [-0.15, -0.1) is 0 Å². The molecule has 4 aromatic heterocycles. The van der Waals surface area contributed by atoms with E-state index in [-0.39, 0.29) is 5.75 Å². The lowest BCUT2D eigenvalue weighted by Crippen LogP contribution is -1.95. The van der Waals surface area contributed by atoms with Crippen LogP contribution in [0.5, 0.6) is 5.75 Å². The Morgan fingerprint density at radius 2 is 1.07 bits per heavy atom. The molecule has 0 aliphatic rings. The van der Waals surface area contributed by atoms with E-state index in [1.54, 1.807) is 17.8 Å². The molecule has 0 bridgehead atoms. The molecule has 1 N–H and O–H groups in total. The van der Waals surface area contributed by atoms with Crippen LogP contribution in [0.4, 0.5) is 0 Å². The van der Waals surface area contributed by atoms with E-state index in [1.165, 1.54) is 0 Å². The Labute approximate surface area is 250 Å². The van der Waals surface area contributed by atoms with Gasteiger partial charge in [0.25, 0.3) is 0 Å². The molecule has 6 aromatic rings. The highest BCUT2D eigenvalue weighted by molar-refractivity contribution is 7.99. The van der Waals surface area contributed by atoms with Gasteiger partial charge in [0, 0.05) is 45.0 Å². The van der Waals surface area contributed by atoms with Crippen LogP contribution in [0.15, 0.2) is 113 Å². The van der Waals surface area contributed by atoms with Crippen LogP contribution in [-0.4, -0.2) is 25.0 Å². The minimum Gasteiger partial charge on any atom is -0.507 e. The first-order chi connectivity index (χ1) is 20.3. The smallest absolute Gasteiger partial charge is 0.124 e. The third-order valence-electron chi connectivity index (χ3n) is 6.90. The first kappa shape index (κ1) is 27.4. The number of aromatic nitrogens is 4. The molecule has 6 rings (SSSR count). The summed E-state index contributed by atoms with van der Waals surface area (Å²) in [6, 6.07) is 32.4. The summed E-state index contributed by atoms with van der Waals surface area (Å²) in [5, 5.41) is 11.7. The zero-order valence-corrected chi connectivity index (χ0v) is 24.8. The van der Waals surface area contributed by atoms with Crippen LogP contribution in [0.25, 0.3) is 44.8 Å². The number of pyridine rings is 4. The van der Waals surface area contributed by atoms with Gasteiger partial charge in [-0.05, 0) is 129 Å². The molecule has 0 atom stereocenters. The van der Waals surface area contributed by atoms with Gasteiger partial charge in [-0.3, -0.25) is 9.97 Å². The molecule has 0 saturated carbocycles. The Balaban J connectivity index is 1.58. The molecule has 4 heterocycles. The molecule has 0 aliphatic heterocycles. The summed E-state index contributed by atoms with van der Waals surface area (Å²) >= 11 is 1.62. The van der Waals surface area contributed by atoms with Crippen molar-refractivity contribution in [2.45, 2.75) is 37.6 Å². The second kappa shape index (κ2) is 11.6. The lowest BCUT2D eigenvalue weighted by molar-refractivity contribution is 0.477. The van der Waals surface area contributed by atoms with Crippen LogP contribution in [0.3, 0.4) is 0 Å². The number of phenolic OH excluding ortho intramolecular Hbond substituents is 1. The molecule has 2 aromatic carbocycles. The maximum Gasteiger partial charge on any atom is 0.124 e. The van der Waals surface area contributed by atoms with Crippen LogP contribution in [0.1, 0.15) is 22.8 Å². The van der Waals surface area contributed by atoms with Gasteiger partial charge in [-0.2, -0.15) is 0 Å². The lowest BCUT2D eigenvalue weighted by Gasteiger charge is -2.14. The molecule has 0 saturated heterocycles. The highest BCUT2D eigenvalue weighted by atomic mass is 32.2. The van der Waals surface area contributed by atoms with Gasteiger partial charge in [0.2, 0.25) is 0 Å². The van der Waals surface area contributed by atoms with Gasteiger partial charge < -0.3 is 5.11 Å². The zero-order chi connectivity index (χ0) is 29.2. The minimum atomic E-state index is 0.193. The topological polar surface area (TPSA) is 71.8 Å². The fourth-order valence-electron chi connectivity index (χ4n) is 5.18. The molecule has 0 amide bonds. The first-order valence-corrected chi connectivity index (χ1v) is 14.6. The van der Waals surface area contributed by atoms with Crippen molar-refractivity contribution in [3.05, 3.63) is 126 Å². The third-order valence-corrected chi connectivity index (χ3v) is 7.82. The summed E-state index contributed by atoms with van der Waals surface area (Å²) in [4.78, 5) is 19.9. The third kappa shape index (κ3) is 6.09. The van der Waals surface area contributed by atoms with Crippen LogP contribution in [0, 0.1) is 27.7 Å². The summed E-state index contributed by atoms with van der Waals surface area (Å²) in [5.74, 6) is 0.193. The molecule has 6 heteroatoms. The van der Waals surface area contributed by atoms with Gasteiger partial charge in [-0.1, -0.05) is 30.0 Å².